The second kappa shape index (κ2) is 4.11. The molecule has 82 valence electrons. The van der Waals surface area contributed by atoms with Gasteiger partial charge in [0.2, 0.25) is 0 Å². The molecule has 1 aliphatic heterocycles. The Hall–Kier alpha value is -1.22. The molecule has 0 saturated carbocycles. The fourth-order valence-corrected chi connectivity index (χ4v) is 1.88. The molecule has 2 N–H and O–H groups in total. The first-order valence-corrected chi connectivity index (χ1v) is 5.40. The molecule has 15 heavy (non-hydrogen) atoms. The third kappa shape index (κ3) is 1.92. The van der Waals surface area contributed by atoms with Gasteiger partial charge in [-0.25, -0.2) is 0 Å². The highest BCUT2D eigenvalue weighted by atomic mass is 16.6. The normalized spacial score (nSPS) is 16.2. The number of rotatable bonds is 2. The summed E-state index contributed by atoms with van der Waals surface area (Å²) in [6.45, 7) is 5.37. The van der Waals surface area contributed by atoms with Crippen LogP contribution in [0.5, 0.6) is 11.5 Å². The molecule has 1 heterocycles. The zero-order chi connectivity index (χ0) is 10.8. The van der Waals surface area contributed by atoms with Gasteiger partial charge in [-0.3, -0.25) is 0 Å². The topological polar surface area (TPSA) is 44.5 Å². The van der Waals surface area contributed by atoms with Crippen LogP contribution in [0.4, 0.5) is 0 Å². The molecular formula is C12H17NO2. The van der Waals surface area contributed by atoms with E-state index in [1.165, 1.54) is 5.56 Å². The van der Waals surface area contributed by atoms with E-state index in [9.17, 15) is 0 Å². The average Bonchev–Trinajstić information content (AvgIpc) is 2.27. The molecular weight excluding hydrogens is 190 g/mol. The lowest BCUT2D eigenvalue weighted by Crippen LogP contribution is -2.17. The second-order valence-corrected chi connectivity index (χ2v) is 3.84. The van der Waals surface area contributed by atoms with Gasteiger partial charge < -0.3 is 15.2 Å². The SMILES string of the molecule is CCc1cc2c(cc1C(C)N)OCCO2. The highest BCUT2D eigenvalue weighted by Crippen LogP contribution is 2.35. The van der Waals surface area contributed by atoms with Gasteiger partial charge in [0.25, 0.3) is 0 Å². The summed E-state index contributed by atoms with van der Waals surface area (Å²) in [5, 5.41) is 0. The first-order valence-electron chi connectivity index (χ1n) is 5.40. The fourth-order valence-electron chi connectivity index (χ4n) is 1.88. The first kappa shape index (κ1) is 10.3. The molecule has 3 heteroatoms. The minimum Gasteiger partial charge on any atom is -0.486 e. The van der Waals surface area contributed by atoms with E-state index in [0.717, 1.165) is 23.5 Å². The molecule has 0 fully saturated rings. The maximum absolute atomic E-state index is 5.93. The van der Waals surface area contributed by atoms with E-state index < -0.39 is 0 Å². The zero-order valence-electron chi connectivity index (χ0n) is 9.25. The maximum atomic E-state index is 5.93. The van der Waals surface area contributed by atoms with E-state index in [-0.39, 0.29) is 6.04 Å². The Bertz CT molecular complexity index is 361. The first-order chi connectivity index (χ1) is 7.22. The third-order valence-corrected chi connectivity index (χ3v) is 2.68. The molecule has 0 radical (unpaired) electrons. The van der Waals surface area contributed by atoms with Crippen LogP contribution >= 0.6 is 0 Å². The molecule has 2 rings (SSSR count). The number of nitrogens with two attached hydrogens (primary N) is 1. The van der Waals surface area contributed by atoms with E-state index in [0.29, 0.717) is 13.2 Å². The summed E-state index contributed by atoms with van der Waals surface area (Å²) >= 11 is 0. The Morgan fingerprint density at radius 3 is 2.40 bits per heavy atom. The van der Waals surface area contributed by atoms with Gasteiger partial charge in [-0.2, -0.15) is 0 Å². The number of benzene rings is 1. The van der Waals surface area contributed by atoms with Crippen LogP contribution in [0.25, 0.3) is 0 Å². The van der Waals surface area contributed by atoms with Crippen LogP contribution in [0.2, 0.25) is 0 Å². The van der Waals surface area contributed by atoms with Crippen LogP contribution in [0.3, 0.4) is 0 Å². The van der Waals surface area contributed by atoms with Gasteiger partial charge in [-0.05, 0) is 36.6 Å². The van der Waals surface area contributed by atoms with Crippen molar-refractivity contribution < 1.29 is 9.47 Å². The molecule has 1 aliphatic rings. The van der Waals surface area contributed by atoms with Gasteiger partial charge >= 0.3 is 0 Å². The van der Waals surface area contributed by atoms with Gasteiger partial charge in [0.1, 0.15) is 13.2 Å². The zero-order valence-corrected chi connectivity index (χ0v) is 9.25. The number of aryl methyl sites for hydroxylation is 1. The summed E-state index contributed by atoms with van der Waals surface area (Å²) < 4.78 is 11.1. The molecule has 1 aromatic rings. The van der Waals surface area contributed by atoms with Crippen LogP contribution in [-0.4, -0.2) is 13.2 Å². The molecule has 3 nitrogen and oxygen atoms in total. The predicted molar refractivity (Wildman–Crippen MR) is 59.4 cm³/mol. The molecule has 0 aromatic heterocycles. The van der Waals surface area contributed by atoms with Gasteiger partial charge in [0, 0.05) is 6.04 Å². The lowest BCUT2D eigenvalue weighted by Gasteiger charge is -2.22. The van der Waals surface area contributed by atoms with Crippen molar-refractivity contribution in [1.29, 1.82) is 0 Å². The molecule has 1 unspecified atom stereocenters. The summed E-state index contributed by atoms with van der Waals surface area (Å²) in [6, 6.07) is 4.10. The van der Waals surface area contributed by atoms with Crippen molar-refractivity contribution >= 4 is 0 Å². The Balaban J connectivity index is 2.46. The quantitative estimate of drug-likeness (QED) is 0.807. The Morgan fingerprint density at radius 1 is 1.27 bits per heavy atom. The van der Waals surface area contributed by atoms with E-state index in [1.54, 1.807) is 0 Å². The van der Waals surface area contributed by atoms with Crippen LogP contribution in [0.15, 0.2) is 12.1 Å². The summed E-state index contributed by atoms with van der Waals surface area (Å²) in [7, 11) is 0. The summed E-state index contributed by atoms with van der Waals surface area (Å²) in [5.74, 6) is 1.67. The number of hydrogen-bond donors (Lipinski definition) is 1. The molecule has 0 bridgehead atoms. The van der Waals surface area contributed by atoms with Crippen LogP contribution in [0, 0.1) is 0 Å². The van der Waals surface area contributed by atoms with Crippen molar-refractivity contribution in [3.05, 3.63) is 23.3 Å². The Labute approximate surface area is 90.2 Å². The Kier molecular flexibility index (Phi) is 2.82. The van der Waals surface area contributed by atoms with Crippen molar-refractivity contribution in [1.82, 2.24) is 0 Å². The van der Waals surface area contributed by atoms with E-state index in [1.807, 2.05) is 19.1 Å². The molecule has 1 atom stereocenters. The number of hydrogen-bond acceptors (Lipinski definition) is 3. The molecule has 1 aromatic carbocycles. The minimum absolute atomic E-state index is 0.0378. The van der Waals surface area contributed by atoms with Crippen molar-refractivity contribution in [2.24, 2.45) is 5.73 Å². The van der Waals surface area contributed by atoms with Gasteiger partial charge in [-0.1, -0.05) is 6.92 Å². The highest BCUT2D eigenvalue weighted by Gasteiger charge is 2.16. The second-order valence-electron chi connectivity index (χ2n) is 3.84. The van der Waals surface area contributed by atoms with Gasteiger partial charge in [0.05, 0.1) is 0 Å². The van der Waals surface area contributed by atoms with Crippen molar-refractivity contribution in [2.45, 2.75) is 26.3 Å². The lowest BCUT2D eigenvalue weighted by atomic mass is 9.99. The highest BCUT2D eigenvalue weighted by molar-refractivity contribution is 5.49. The van der Waals surface area contributed by atoms with Crippen molar-refractivity contribution in [3.8, 4) is 11.5 Å². The summed E-state index contributed by atoms with van der Waals surface area (Å²) in [6.07, 6.45) is 0.966. The Morgan fingerprint density at radius 2 is 1.87 bits per heavy atom. The van der Waals surface area contributed by atoms with Gasteiger partial charge in [-0.15, -0.1) is 0 Å². The lowest BCUT2D eigenvalue weighted by molar-refractivity contribution is 0.171. The molecule has 0 spiro atoms. The van der Waals surface area contributed by atoms with E-state index in [4.69, 9.17) is 15.2 Å². The molecule has 0 saturated heterocycles. The fraction of sp³-hybridized carbons (Fsp3) is 0.500. The molecule has 0 amide bonds. The van der Waals surface area contributed by atoms with Crippen LogP contribution in [0.1, 0.15) is 31.0 Å². The largest absolute Gasteiger partial charge is 0.486 e. The average molecular weight is 207 g/mol. The van der Waals surface area contributed by atoms with Crippen molar-refractivity contribution in [3.63, 3.8) is 0 Å². The number of fused-ring (bicyclic) bond motifs is 1. The minimum atomic E-state index is 0.0378. The van der Waals surface area contributed by atoms with Crippen LogP contribution < -0.4 is 15.2 Å². The smallest absolute Gasteiger partial charge is 0.161 e. The van der Waals surface area contributed by atoms with E-state index >= 15 is 0 Å². The van der Waals surface area contributed by atoms with Gasteiger partial charge in [0.15, 0.2) is 11.5 Å². The number of ether oxygens (including phenoxy) is 2. The summed E-state index contributed by atoms with van der Waals surface area (Å²) in [4.78, 5) is 0. The van der Waals surface area contributed by atoms with Crippen LogP contribution in [-0.2, 0) is 6.42 Å². The predicted octanol–water partition coefficient (Wildman–Crippen LogP) is 2.04. The third-order valence-electron chi connectivity index (χ3n) is 2.68. The van der Waals surface area contributed by atoms with Crippen molar-refractivity contribution in [2.75, 3.05) is 13.2 Å². The maximum Gasteiger partial charge on any atom is 0.161 e. The standard InChI is InChI=1S/C12H17NO2/c1-3-9-6-11-12(15-5-4-14-11)7-10(9)8(2)13/h6-8H,3-5,13H2,1-2H3. The monoisotopic (exact) mass is 207 g/mol. The van der Waals surface area contributed by atoms with E-state index in [2.05, 4.69) is 6.92 Å². The molecule has 0 aliphatic carbocycles. The summed E-state index contributed by atoms with van der Waals surface area (Å²) in [5.41, 5.74) is 8.33.